The zero-order chi connectivity index (χ0) is 9.68. The zero-order valence-electron chi connectivity index (χ0n) is 6.64. The molecule has 5 nitrogen and oxygen atoms in total. The molecule has 0 aliphatic heterocycles. The van der Waals surface area contributed by atoms with E-state index in [4.69, 9.17) is 5.26 Å². The van der Waals surface area contributed by atoms with Gasteiger partial charge in [0.2, 0.25) is 0 Å². The van der Waals surface area contributed by atoms with Crippen LogP contribution in [-0.2, 0) is 4.74 Å². The Kier molecular flexibility index (Phi) is 2.82. The summed E-state index contributed by atoms with van der Waals surface area (Å²) in [6.07, 6.45) is 2.33. The van der Waals surface area contributed by atoms with Crippen LogP contribution in [0.1, 0.15) is 10.4 Å². The molecule has 0 unspecified atom stereocenters. The van der Waals surface area contributed by atoms with E-state index < -0.39 is 5.97 Å². The van der Waals surface area contributed by atoms with Gasteiger partial charge in [0.1, 0.15) is 11.6 Å². The van der Waals surface area contributed by atoms with E-state index in [0.717, 1.165) is 6.20 Å². The molecule has 1 rings (SSSR count). The van der Waals surface area contributed by atoms with Crippen LogP contribution in [0.15, 0.2) is 24.5 Å². The highest BCUT2D eigenvalue weighted by molar-refractivity contribution is 5.88. The van der Waals surface area contributed by atoms with Crippen molar-refractivity contribution < 1.29 is 14.3 Å². The van der Waals surface area contributed by atoms with Gasteiger partial charge < -0.3 is 9.94 Å². The number of aromatic nitrogens is 1. The number of nitrogens with zero attached hydrogens (tertiary/aromatic N) is 2. The molecule has 0 saturated carbocycles. The summed E-state index contributed by atoms with van der Waals surface area (Å²) in [6.45, 7) is -0.313. The van der Waals surface area contributed by atoms with Crippen LogP contribution in [0.2, 0.25) is 0 Å². The Labute approximate surface area is 74.4 Å². The largest absolute Gasteiger partial charge is 0.619 e. The Hall–Kier alpha value is -2.09. The third-order valence-electron chi connectivity index (χ3n) is 1.28. The minimum Gasteiger partial charge on any atom is -0.619 e. The molecule has 66 valence electrons. The number of esters is 1. The van der Waals surface area contributed by atoms with Crippen molar-refractivity contribution in [1.82, 2.24) is 0 Å². The maximum Gasteiger partial charge on any atom is 0.345 e. The molecule has 1 heterocycles. The molecule has 0 aromatic carbocycles. The summed E-state index contributed by atoms with van der Waals surface area (Å²) in [5.74, 6) is -0.674. The molecular formula is C8H6N2O3. The standard InChI is InChI=1S/C8H6N2O3/c9-3-5-13-8(11)7-2-1-4-10(12)6-7/h1-2,4,6H,5H2. The van der Waals surface area contributed by atoms with Crippen molar-refractivity contribution in [3.63, 3.8) is 0 Å². The third kappa shape index (κ3) is 2.45. The second kappa shape index (κ2) is 4.07. The highest BCUT2D eigenvalue weighted by atomic mass is 16.5. The Morgan fingerprint density at radius 3 is 3.15 bits per heavy atom. The van der Waals surface area contributed by atoms with E-state index in [2.05, 4.69) is 4.74 Å². The topological polar surface area (TPSA) is 77.0 Å². The van der Waals surface area contributed by atoms with E-state index in [1.54, 1.807) is 6.07 Å². The molecule has 13 heavy (non-hydrogen) atoms. The fourth-order valence-corrected chi connectivity index (χ4v) is 0.757. The van der Waals surface area contributed by atoms with Crippen LogP contribution in [-0.4, -0.2) is 12.6 Å². The molecule has 1 aromatic heterocycles. The van der Waals surface area contributed by atoms with Crippen molar-refractivity contribution in [2.75, 3.05) is 6.61 Å². The van der Waals surface area contributed by atoms with Crippen LogP contribution >= 0.6 is 0 Å². The number of rotatable bonds is 2. The first-order chi connectivity index (χ1) is 6.24. The first-order valence-electron chi connectivity index (χ1n) is 3.47. The van der Waals surface area contributed by atoms with Crippen molar-refractivity contribution >= 4 is 5.97 Å². The van der Waals surface area contributed by atoms with E-state index >= 15 is 0 Å². The molecule has 0 saturated heterocycles. The summed E-state index contributed by atoms with van der Waals surface area (Å²) < 4.78 is 4.97. The average molecular weight is 178 g/mol. The predicted molar refractivity (Wildman–Crippen MR) is 41.3 cm³/mol. The lowest BCUT2D eigenvalue weighted by Gasteiger charge is -1.99. The zero-order valence-corrected chi connectivity index (χ0v) is 6.64. The van der Waals surface area contributed by atoms with Crippen LogP contribution < -0.4 is 4.73 Å². The number of carbonyl (C=O) groups is 1. The predicted octanol–water partition coefficient (Wildman–Crippen LogP) is 0.000380. The van der Waals surface area contributed by atoms with Crippen LogP contribution in [0.4, 0.5) is 0 Å². The monoisotopic (exact) mass is 178 g/mol. The Morgan fingerprint density at radius 1 is 1.77 bits per heavy atom. The number of hydrogen-bond donors (Lipinski definition) is 0. The number of ether oxygens (including phenoxy) is 1. The molecule has 0 radical (unpaired) electrons. The molecule has 0 atom stereocenters. The SMILES string of the molecule is N#CCOC(=O)c1ccc[n+]([O-])c1. The lowest BCUT2D eigenvalue weighted by molar-refractivity contribution is -0.605. The second-order valence-electron chi connectivity index (χ2n) is 2.19. The Morgan fingerprint density at radius 2 is 2.54 bits per heavy atom. The van der Waals surface area contributed by atoms with E-state index in [1.807, 2.05) is 0 Å². The van der Waals surface area contributed by atoms with Gasteiger partial charge in [-0.3, -0.25) is 0 Å². The van der Waals surface area contributed by atoms with Gasteiger partial charge in [-0.05, 0) is 6.07 Å². The second-order valence-corrected chi connectivity index (χ2v) is 2.19. The molecule has 5 heteroatoms. The van der Waals surface area contributed by atoms with Gasteiger partial charge in [-0.25, -0.2) is 4.79 Å². The molecule has 0 aliphatic carbocycles. The lowest BCUT2D eigenvalue weighted by Crippen LogP contribution is -2.26. The normalized spacial score (nSPS) is 8.85. The first kappa shape index (κ1) is 9.00. The van der Waals surface area contributed by atoms with Crippen LogP contribution in [0, 0.1) is 16.5 Å². The minimum atomic E-state index is -0.674. The van der Waals surface area contributed by atoms with Crippen molar-refractivity contribution in [3.8, 4) is 6.07 Å². The van der Waals surface area contributed by atoms with Gasteiger partial charge in [-0.1, -0.05) is 0 Å². The minimum absolute atomic E-state index is 0.132. The summed E-state index contributed by atoms with van der Waals surface area (Å²) in [7, 11) is 0. The fraction of sp³-hybridized carbons (Fsp3) is 0.125. The quantitative estimate of drug-likeness (QED) is 0.363. The van der Waals surface area contributed by atoms with E-state index in [-0.39, 0.29) is 12.2 Å². The molecule has 0 fully saturated rings. The summed E-state index contributed by atoms with van der Waals surface area (Å²) in [5.41, 5.74) is 0.132. The van der Waals surface area contributed by atoms with Crippen molar-refractivity contribution in [1.29, 1.82) is 5.26 Å². The molecule has 0 amide bonds. The van der Waals surface area contributed by atoms with E-state index in [9.17, 15) is 10.0 Å². The highest BCUT2D eigenvalue weighted by Crippen LogP contribution is 1.96. The maximum atomic E-state index is 11.0. The van der Waals surface area contributed by atoms with Crippen LogP contribution in [0.5, 0.6) is 0 Å². The van der Waals surface area contributed by atoms with Crippen LogP contribution in [0.25, 0.3) is 0 Å². The first-order valence-corrected chi connectivity index (χ1v) is 3.47. The van der Waals surface area contributed by atoms with Crippen molar-refractivity contribution in [2.45, 2.75) is 0 Å². The van der Waals surface area contributed by atoms with Gasteiger partial charge in [-0.15, -0.1) is 0 Å². The van der Waals surface area contributed by atoms with Gasteiger partial charge in [-0.2, -0.15) is 9.99 Å². The molecule has 0 spiro atoms. The van der Waals surface area contributed by atoms with E-state index in [0.29, 0.717) is 4.73 Å². The van der Waals surface area contributed by atoms with Crippen molar-refractivity contribution in [2.24, 2.45) is 0 Å². The van der Waals surface area contributed by atoms with Gasteiger partial charge >= 0.3 is 5.97 Å². The van der Waals surface area contributed by atoms with Crippen LogP contribution in [0.3, 0.4) is 0 Å². The van der Waals surface area contributed by atoms with E-state index in [1.165, 1.54) is 18.3 Å². The number of carbonyl (C=O) groups excluding carboxylic acids is 1. The summed E-state index contributed by atoms with van der Waals surface area (Å²) in [5, 5.41) is 18.8. The third-order valence-corrected chi connectivity index (χ3v) is 1.28. The summed E-state index contributed by atoms with van der Waals surface area (Å²) in [4.78, 5) is 11.0. The van der Waals surface area contributed by atoms with Gasteiger partial charge in [0.15, 0.2) is 19.0 Å². The summed E-state index contributed by atoms with van der Waals surface area (Å²) >= 11 is 0. The molecule has 0 N–H and O–H groups in total. The van der Waals surface area contributed by atoms with Gasteiger partial charge in [0, 0.05) is 6.07 Å². The number of nitriles is 1. The molecule has 0 bridgehead atoms. The average Bonchev–Trinajstić information content (AvgIpc) is 2.14. The molecular weight excluding hydrogens is 172 g/mol. The highest BCUT2D eigenvalue weighted by Gasteiger charge is 2.08. The number of hydrogen-bond acceptors (Lipinski definition) is 4. The summed E-state index contributed by atoms with van der Waals surface area (Å²) in [6, 6.07) is 4.52. The lowest BCUT2D eigenvalue weighted by atomic mass is 10.3. The smallest absolute Gasteiger partial charge is 0.345 e. The number of pyridine rings is 1. The van der Waals surface area contributed by atoms with Gasteiger partial charge in [0.25, 0.3) is 0 Å². The van der Waals surface area contributed by atoms with Gasteiger partial charge in [0.05, 0.1) is 0 Å². The molecule has 1 aromatic rings. The molecule has 0 aliphatic rings. The Bertz CT molecular complexity index is 357. The fourth-order valence-electron chi connectivity index (χ4n) is 0.757. The maximum absolute atomic E-state index is 11.0. The Balaban J connectivity index is 2.72. The van der Waals surface area contributed by atoms with Crippen molar-refractivity contribution in [3.05, 3.63) is 35.3 Å².